The van der Waals surface area contributed by atoms with Gasteiger partial charge in [0.15, 0.2) is 0 Å². The first-order valence-electron chi connectivity index (χ1n) is 9.66. The number of piperidine rings is 1. The lowest BCUT2D eigenvalue weighted by molar-refractivity contribution is -0.132. The lowest BCUT2D eigenvalue weighted by Crippen LogP contribution is -2.41. The largest absolute Gasteiger partial charge is 0.497 e. The van der Waals surface area contributed by atoms with Gasteiger partial charge in [-0.1, -0.05) is 12.1 Å². The Balaban J connectivity index is 1.35. The van der Waals surface area contributed by atoms with Gasteiger partial charge >= 0.3 is 0 Å². The van der Waals surface area contributed by atoms with Crippen LogP contribution in [0.2, 0.25) is 0 Å². The van der Waals surface area contributed by atoms with Gasteiger partial charge in [-0.25, -0.2) is 0 Å². The minimum Gasteiger partial charge on any atom is -0.497 e. The average Bonchev–Trinajstić information content (AvgIpc) is 3.17. The zero-order valence-corrected chi connectivity index (χ0v) is 15.7. The fraction of sp³-hybridized carbons (Fsp3) is 0.650. The van der Waals surface area contributed by atoms with Gasteiger partial charge in [0, 0.05) is 19.6 Å². The fourth-order valence-electron chi connectivity index (χ4n) is 3.77. The molecule has 0 bridgehead atoms. The number of carbonyl (C=O) groups excluding carboxylic acids is 1. The molecule has 2 atom stereocenters. The van der Waals surface area contributed by atoms with Gasteiger partial charge in [0.25, 0.3) is 0 Å². The van der Waals surface area contributed by atoms with Crippen molar-refractivity contribution >= 4 is 5.91 Å². The van der Waals surface area contributed by atoms with Crippen LogP contribution in [0, 0.1) is 5.92 Å². The van der Waals surface area contributed by atoms with Crippen molar-refractivity contribution in [1.82, 2.24) is 10.2 Å². The highest BCUT2D eigenvalue weighted by molar-refractivity contribution is 5.81. The van der Waals surface area contributed by atoms with Crippen molar-refractivity contribution < 1.29 is 14.3 Å². The van der Waals surface area contributed by atoms with Crippen molar-refractivity contribution in [2.24, 2.45) is 11.7 Å². The molecule has 0 unspecified atom stereocenters. The Morgan fingerprint density at radius 2 is 1.96 bits per heavy atom. The molecule has 0 saturated carbocycles. The molecule has 3 N–H and O–H groups in total. The topological polar surface area (TPSA) is 76.8 Å². The van der Waals surface area contributed by atoms with Crippen LogP contribution in [-0.2, 0) is 16.1 Å². The van der Waals surface area contributed by atoms with Gasteiger partial charge in [-0.2, -0.15) is 0 Å². The van der Waals surface area contributed by atoms with Crippen LogP contribution in [0.3, 0.4) is 0 Å². The summed E-state index contributed by atoms with van der Waals surface area (Å²) < 4.78 is 10.9. The summed E-state index contributed by atoms with van der Waals surface area (Å²) in [6.07, 6.45) is 3.65. The molecule has 0 spiro atoms. The van der Waals surface area contributed by atoms with Gasteiger partial charge in [0.1, 0.15) is 11.9 Å². The zero-order chi connectivity index (χ0) is 18.4. The molecule has 2 fully saturated rings. The van der Waals surface area contributed by atoms with E-state index in [1.165, 1.54) is 5.56 Å². The van der Waals surface area contributed by atoms with Crippen molar-refractivity contribution in [3.8, 4) is 5.75 Å². The van der Waals surface area contributed by atoms with E-state index < -0.39 is 0 Å². The molecule has 144 valence electrons. The van der Waals surface area contributed by atoms with Crippen LogP contribution in [-0.4, -0.2) is 56.3 Å². The number of ether oxygens (including phenoxy) is 2. The van der Waals surface area contributed by atoms with Crippen molar-refractivity contribution in [2.75, 3.05) is 33.3 Å². The maximum atomic E-state index is 12.2. The van der Waals surface area contributed by atoms with E-state index in [9.17, 15) is 4.79 Å². The maximum Gasteiger partial charge on any atom is 0.249 e. The third-order valence-corrected chi connectivity index (χ3v) is 5.50. The molecule has 2 aliphatic rings. The SMILES string of the molecule is COc1ccc(CN2CCC(CNC(=O)[C@@H]3CC[C@H](CN)O3)CC2)cc1. The van der Waals surface area contributed by atoms with Gasteiger partial charge in [-0.3, -0.25) is 9.69 Å². The molecule has 26 heavy (non-hydrogen) atoms. The lowest BCUT2D eigenvalue weighted by atomic mass is 9.96. The molecule has 6 heteroatoms. The minimum atomic E-state index is -0.307. The summed E-state index contributed by atoms with van der Waals surface area (Å²) in [6.45, 7) is 4.36. The molecular formula is C20H31N3O3. The summed E-state index contributed by atoms with van der Waals surface area (Å²) in [5.74, 6) is 1.48. The van der Waals surface area contributed by atoms with Crippen LogP contribution >= 0.6 is 0 Å². The van der Waals surface area contributed by atoms with Gasteiger partial charge in [0.2, 0.25) is 5.91 Å². The van der Waals surface area contributed by atoms with Crippen LogP contribution in [0.5, 0.6) is 5.75 Å². The summed E-state index contributed by atoms with van der Waals surface area (Å²) in [4.78, 5) is 14.7. The van der Waals surface area contributed by atoms with E-state index in [2.05, 4.69) is 22.3 Å². The van der Waals surface area contributed by atoms with Crippen molar-refractivity contribution in [2.45, 2.75) is 44.4 Å². The van der Waals surface area contributed by atoms with E-state index in [0.29, 0.717) is 12.5 Å². The third-order valence-electron chi connectivity index (χ3n) is 5.50. The second-order valence-corrected chi connectivity index (χ2v) is 7.37. The number of nitrogens with one attached hydrogen (secondary N) is 1. The quantitative estimate of drug-likeness (QED) is 0.770. The number of nitrogens with zero attached hydrogens (tertiary/aromatic N) is 1. The number of hydrogen-bond donors (Lipinski definition) is 2. The molecule has 2 saturated heterocycles. The number of hydrogen-bond acceptors (Lipinski definition) is 5. The van der Waals surface area contributed by atoms with Crippen molar-refractivity contribution in [1.29, 1.82) is 0 Å². The Kier molecular flexibility index (Phi) is 6.88. The number of likely N-dealkylation sites (tertiary alicyclic amines) is 1. The molecule has 6 nitrogen and oxygen atoms in total. The Morgan fingerprint density at radius 1 is 1.23 bits per heavy atom. The standard InChI is InChI=1S/C20H31N3O3/c1-25-17-4-2-16(3-5-17)14-23-10-8-15(9-11-23)13-22-20(24)19-7-6-18(12-21)26-19/h2-5,15,18-19H,6-14,21H2,1H3,(H,22,24)/t18-,19+/m1/s1. The minimum absolute atomic E-state index is 0.0293. The Morgan fingerprint density at radius 3 is 2.58 bits per heavy atom. The normalized spacial score (nSPS) is 24.5. The highest BCUT2D eigenvalue weighted by Crippen LogP contribution is 2.21. The summed E-state index contributed by atoms with van der Waals surface area (Å²) >= 11 is 0. The Labute approximate surface area is 156 Å². The Hall–Kier alpha value is -1.63. The van der Waals surface area contributed by atoms with E-state index in [-0.39, 0.29) is 18.1 Å². The van der Waals surface area contributed by atoms with E-state index in [1.54, 1.807) is 7.11 Å². The third kappa shape index (κ3) is 5.19. The zero-order valence-electron chi connectivity index (χ0n) is 15.7. The van der Waals surface area contributed by atoms with Gasteiger partial charge in [-0.15, -0.1) is 0 Å². The first-order valence-corrected chi connectivity index (χ1v) is 9.66. The Bertz CT molecular complexity index is 570. The maximum absolute atomic E-state index is 12.2. The smallest absolute Gasteiger partial charge is 0.249 e. The number of amides is 1. The highest BCUT2D eigenvalue weighted by Gasteiger charge is 2.30. The van der Waals surface area contributed by atoms with Gasteiger partial charge < -0.3 is 20.5 Å². The molecule has 0 aliphatic carbocycles. The van der Waals surface area contributed by atoms with E-state index >= 15 is 0 Å². The number of benzene rings is 1. The lowest BCUT2D eigenvalue weighted by Gasteiger charge is -2.32. The number of carbonyl (C=O) groups is 1. The molecule has 0 radical (unpaired) electrons. The molecule has 1 amide bonds. The predicted molar refractivity (Wildman–Crippen MR) is 101 cm³/mol. The van der Waals surface area contributed by atoms with Crippen molar-refractivity contribution in [3.63, 3.8) is 0 Å². The van der Waals surface area contributed by atoms with Crippen LogP contribution < -0.4 is 15.8 Å². The second-order valence-electron chi connectivity index (χ2n) is 7.37. The average molecular weight is 361 g/mol. The van der Waals surface area contributed by atoms with Gasteiger partial charge in [0.05, 0.1) is 13.2 Å². The van der Waals surface area contributed by atoms with Crippen LogP contribution in [0.15, 0.2) is 24.3 Å². The number of rotatable bonds is 7. The van der Waals surface area contributed by atoms with E-state index in [1.807, 2.05) is 12.1 Å². The van der Waals surface area contributed by atoms with Crippen LogP contribution in [0.1, 0.15) is 31.2 Å². The molecule has 3 rings (SSSR count). The first-order chi connectivity index (χ1) is 12.7. The van der Waals surface area contributed by atoms with E-state index in [4.69, 9.17) is 15.2 Å². The summed E-state index contributed by atoms with van der Waals surface area (Å²) in [7, 11) is 1.69. The van der Waals surface area contributed by atoms with E-state index in [0.717, 1.165) is 57.6 Å². The predicted octanol–water partition coefficient (Wildman–Crippen LogP) is 1.53. The molecule has 2 heterocycles. The molecule has 1 aromatic carbocycles. The molecule has 1 aromatic rings. The molecule has 2 aliphatic heterocycles. The molecule has 0 aromatic heterocycles. The number of nitrogens with two attached hydrogens (primary N) is 1. The second kappa shape index (κ2) is 9.35. The number of methoxy groups -OCH3 is 1. The highest BCUT2D eigenvalue weighted by atomic mass is 16.5. The summed E-state index contributed by atoms with van der Waals surface area (Å²) in [5.41, 5.74) is 6.91. The summed E-state index contributed by atoms with van der Waals surface area (Å²) in [6, 6.07) is 8.28. The van der Waals surface area contributed by atoms with Crippen LogP contribution in [0.25, 0.3) is 0 Å². The van der Waals surface area contributed by atoms with Gasteiger partial charge in [-0.05, 0) is 62.4 Å². The molecular weight excluding hydrogens is 330 g/mol. The monoisotopic (exact) mass is 361 g/mol. The van der Waals surface area contributed by atoms with Crippen molar-refractivity contribution in [3.05, 3.63) is 29.8 Å². The first kappa shape index (κ1) is 19.1. The fourth-order valence-corrected chi connectivity index (χ4v) is 3.77. The summed E-state index contributed by atoms with van der Waals surface area (Å²) in [5, 5.41) is 3.08. The van der Waals surface area contributed by atoms with Crippen LogP contribution in [0.4, 0.5) is 0 Å².